The number of nitrogens with two attached hydrogens (primary N) is 1. The third-order valence-corrected chi connectivity index (χ3v) is 3.01. The van der Waals surface area contributed by atoms with Crippen molar-refractivity contribution < 1.29 is 8.42 Å². The molecule has 4 N–H and O–H groups in total. The maximum atomic E-state index is 11.4. The molecular formula is C8H21N3O2S. The van der Waals surface area contributed by atoms with E-state index in [-0.39, 0.29) is 6.04 Å². The normalized spacial score (nSPS) is 14.2. The van der Waals surface area contributed by atoms with Gasteiger partial charge in [0.2, 0.25) is 0 Å². The van der Waals surface area contributed by atoms with E-state index in [1.807, 2.05) is 13.8 Å². The van der Waals surface area contributed by atoms with Gasteiger partial charge < -0.3 is 5.73 Å². The van der Waals surface area contributed by atoms with Crippen molar-refractivity contribution >= 4 is 10.2 Å². The first-order valence-corrected chi connectivity index (χ1v) is 6.51. The van der Waals surface area contributed by atoms with Crippen LogP contribution in [0, 0.1) is 0 Å². The molecule has 0 aromatic heterocycles. The summed E-state index contributed by atoms with van der Waals surface area (Å²) in [5.41, 5.74) is 5.44. The Morgan fingerprint density at radius 3 is 2.36 bits per heavy atom. The molecule has 0 saturated heterocycles. The summed E-state index contributed by atoms with van der Waals surface area (Å²) in [4.78, 5) is 0. The molecule has 0 fully saturated rings. The zero-order chi connectivity index (χ0) is 11.0. The van der Waals surface area contributed by atoms with Crippen molar-refractivity contribution in [2.24, 2.45) is 5.73 Å². The van der Waals surface area contributed by atoms with Crippen LogP contribution in [0.1, 0.15) is 33.1 Å². The predicted molar refractivity (Wildman–Crippen MR) is 58.1 cm³/mol. The van der Waals surface area contributed by atoms with Gasteiger partial charge in [0.15, 0.2) is 0 Å². The standard InChI is InChI=1S/C8H21N3O2S/c1-3-5-8(7-9)11-14(12,13)10-6-4-2/h8,10-11H,3-7,9H2,1-2H3. The van der Waals surface area contributed by atoms with Gasteiger partial charge in [0.25, 0.3) is 10.2 Å². The van der Waals surface area contributed by atoms with Crippen molar-refractivity contribution in [2.75, 3.05) is 13.1 Å². The number of rotatable bonds is 8. The Morgan fingerprint density at radius 2 is 1.93 bits per heavy atom. The molecule has 1 atom stereocenters. The lowest BCUT2D eigenvalue weighted by atomic mass is 10.2. The van der Waals surface area contributed by atoms with Crippen LogP contribution in [0.5, 0.6) is 0 Å². The Hall–Kier alpha value is -0.170. The molecule has 5 nitrogen and oxygen atoms in total. The number of nitrogens with one attached hydrogen (secondary N) is 2. The molecule has 14 heavy (non-hydrogen) atoms. The Labute approximate surface area is 86.6 Å². The highest BCUT2D eigenvalue weighted by atomic mass is 32.2. The molecule has 6 heteroatoms. The second kappa shape index (κ2) is 7.17. The molecule has 0 saturated carbocycles. The number of hydrogen-bond acceptors (Lipinski definition) is 3. The van der Waals surface area contributed by atoms with Crippen LogP contribution in [0.4, 0.5) is 0 Å². The fourth-order valence-corrected chi connectivity index (χ4v) is 2.28. The molecular weight excluding hydrogens is 202 g/mol. The average molecular weight is 223 g/mol. The Morgan fingerprint density at radius 1 is 1.29 bits per heavy atom. The minimum Gasteiger partial charge on any atom is -0.329 e. The lowest BCUT2D eigenvalue weighted by Crippen LogP contribution is -2.46. The summed E-state index contributed by atoms with van der Waals surface area (Å²) in [7, 11) is -3.36. The maximum Gasteiger partial charge on any atom is 0.277 e. The molecule has 0 rings (SSSR count). The Balaban J connectivity index is 4.04. The van der Waals surface area contributed by atoms with Gasteiger partial charge in [-0.15, -0.1) is 0 Å². The first kappa shape index (κ1) is 13.8. The van der Waals surface area contributed by atoms with Gasteiger partial charge in [-0.3, -0.25) is 0 Å². The summed E-state index contributed by atoms with van der Waals surface area (Å²) in [6, 6.07) is -0.158. The highest BCUT2D eigenvalue weighted by Gasteiger charge is 2.14. The first-order chi connectivity index (χ1) is 6.55. The van der Waals surface area contributed by atoms with Crippen molar-refractivity contribution in [3.8, 4) is 0 Å². The highest BCUT2D eigenvalue weighted by molar-refractivity contribution is 7.87. The molecule has 0 aromatic rings. The van der Waals surface area contributed by atoms with Crippen LogP contribution < -0.4 is 15.2 Å². The van der Waals surface area contributed by atoms with Crippen LogP contribution in [-0.4, -0.2) is 27.5 Å². The zero-order valence-corrected chi connectivity index (χ0v) is 9.73. The maximum absolute atomic E-state index is 11.4. The molecule has 0 amide bonds. The van der Waals surface area contributed by atoms with Gasteiger partial charge in [0, 0.05) is 19.1 Å². The summed E-state index contributed by atoms with van der Waals surface area (Å²) in [6.45, 7) is 4.70. The average Bonchev–Trinajstić information content (AvgIpc) is 2.14. The topological polar surface area (TPSA) is 84.2 Å². The Bertz CT molecular complexity index is 229. The highest BCUT2D eigenvalue weighted by Crippen LogP contribution is 1.96. The van der Waals surface area contributed by atoms with Gasteiger partial charge >= 0.3 is 0 Å². The van der Waals surface area contributed by atoms with E-state index in [4.69, 9.17) is 5.73 Å². The smallest absolute Gasteiger partial charge is 0.277 e. The third kappa shape index (κ3) is 6.31. The minimum atomic E-state index is -3.36. The van der Waals surface area contributed by atoms with Crippen molar-refractivity contribution in [3.63, 3.8) is 0 Å². The van der Waals surface area contributed by atoms with E-state index in [0.717, 1.165) is 19.3 Å². The summed E-state index contributed by atoms with van der Waals surface area (Å²) in [6.07, 6.45) is 2.46. The molecule has 0 heterocycles. The summed E-state index contributed by atoms with van der Waals surface area (Å²) in [5.74, 6) is 0. The summed E-state index contributed by atoms with van der Waals surface area (Å²) in [5, 5.41) is 0. The zero-order valence-electron chi connectivity index (χ0n) is 8.91. The monoisotopic (exact) mass is 223 g/mol. The quantitative estimate of drug-likeness (QED) is 0.539. The van der Waals surface area contributed by atoms with Gasteiger partial charge in [-0.1, -0.05) is 20.3 Å². The molecule has 0 aliphatic carbocycles. The lowest BCUT2D eigenvalue weighted by molar-refractivity contribution is 0.517. The summed E-state index contributed by atoms with van der Waals surface area (Å²) >= 11 is 0. The van der Waals surface area contributed by atoms with E-state index in [1.165, 1.54) is 0 Å². The Kier molecular flexibility index (Phi) is 7.08. The van der Waals surface area contributed by atoms with Crippen LogP contribution in [0.15, 0.2) is 0 Å². The molecule has 0 bridgehead atoms. The van der Waals surface area contributed by atoms with Gasteiger partial charge in [0.1, 0.15) is 0 Å². The van der Waals surface area contributed by atoms with E-state index in [9.17, 15) is 8.42 Å². The molecule has 0 radical (unpaired) electrons. The van der Waals surface area contributed by atoms with Gasteiger partial charge in [-0.25, -0.2) is 4.72 Å². The van der Waals surface area contributed by atoms with Crippen LogP contribution in [-0.2, 0) is 10.2 Å². The number of hydrogen-bond donors (Lipinski definition) is 3. The van der Waals surface area contributed by atoms with Crippen LogP contribution in [0.2, 0.25) is 0 Å². The fraction of sp³-hybridized carbons (Fsp3) is 1.00. The van der Waals surface area contributed by atoms with Crippen molar-refractivity contribution in [3.05, 3.63) is 0 Å². The van der Waals surface area contributed by atoms with E-state index >= 15 is 0 Å². The minimum absolute atomic E-state index is 0.158. The molecule has 0 spiro atoms. The van der Waals surface area contributed by atoms with Crippen LogP contribution in [0.25, 0.3) is 0 Å². The predicted octanol–water partition coefficient (Wildman–Crippen LogP) is -0.0522. The van der Waals surface area contributed by atoms with Gasteiger partial charge in [-0.2, -0.15) is 13.1 Å². The van der Waals surface area contributed by atoms with E-state index in [2.05, 4.69) is 9.44 Å². The van der Waals surface area contributed by atoms with E-state index in [1.54, 1.807) is 0 Å². The van der Waals surface area contributed by atoms with Crippen molar-refractivity contribution in [2.45, 2.75) is 39.2 Å². The lowest BCUT2D eigenvalue weighted by Gasteiger charge is -2.16. The third-order valence-electron chi connectivity index (χ3n) is 1.79. The molecule has 0 aromatic carbocycles. The van der Waals surface area contributed by atoms with Crippen molar-refractivity contribution in [1.82, 2.24) is 9.44 Å². The first-order valence-electron chi connectivity index (χ1n) is 5.02. The van der Waals surface area contributed by atoms with Gasteiger partial charge in [0.05, 0.1) is 0 Å². The molecule has 86 valence electrons. The largest absolute Gasteiger partial charge is 0.329 e. The van der Waals surface area contributed by atoms with Crippen LogP contribution >= 0.6 is 0 Å². The SMILES string of the molecule is CCCNS(=O)(=O)NC(CN)CCC. The van der Waals surface area contributed by atoms with E-state index < -0.39 is 10.2 Å². The van der Waals surface area contributed by atoms with Crippen molar-refractivity contribution in [1.29, 1.82) is 0 Å². The molecule has 0 aliphatic rings. The van der Waals surface area contributed by atoms with Crippen LogP contribution in [0.3, 0.4) is 0 Å². The van der Waals surface area contributed by atoms with E-state index in [0.29, 0.717) is 13.1 Å². The second-order valence-corrected chi connectivity index (χ2v) is 4.77. The summed E-state index contributed by atoms with van der Waals surface area (Å²) < 4.78 is 27.7. The fourth-order valence-electron chi connectivity index (χ4n) is 1.07. The van der Waals surface area contributed by atoms with Gasteiger partial charge in [-0.05, 0) is 12.8 Å². The second-order valence-electron chi connectivity index (χ2n) is 3.24. The molecule has 1 unspecified atom stereocenters. The molecule has 0 aliphatic heterocycles.